The lowest BCUT2D eigenvalue weighted by molar-refractivity contribution is -0.167. The second-order valence-electron chi connectivity index (χ2n) is 25.2. The smallest absolute Gasteiger partial charge is 0.306 e. The van der Waals surface area contributed by atoms with Crippen molar-refractivity contribution in [1.29, 1.82) is 0 Å². The zero-order chi connectivity index (χ0) is 58.5. The molecule has 0 aromatic heterocycles. The molecule has 478 valence electrons. The van der Waals surface area contributed by atoms with Gasteiger partial charge in [-0.2, -0.15) is 0 Å². The molecule has 0 rings (SSSR count). The Morgan fingerprint density at radius 3 is 0.679 bits per heavy atom. The molecule has 0 spiro atoms. The highest BCUT2D eigenvalue weighted by Crippen LogP contribution is 2.19. The lowest BCUT2D eigenvalue weighted by atomic mass is 10.0. The van der Waals surface area contributed by atoms with Gasteiger partial charge in [0.2, 0.25) is 0 Å². The van der Waals surface area contributed by atoms with Crippen LogP contribution in [0.15, 0.2) is 24.3 Å². The maximum Gasteiger partial charge on any atom is 0.306 e. The molecular formula is C75H142O6. The van der Waals surface area contributed by atoms with Crippen LogP contribution in [0.25, 0.3) is 0 Å². The van der Waals surface area contributed by atoms with Crippen molar-refractivity contribution in [2.75, 3.05) is 13.2 Å². The van der Waals surface area contributed by atoms with E-state index in [1.807, 2.05) is 0 Å². The first-order chi connectivity index (χ1) is 40.0. The Labute approximate surface area is 506 Å². The van der Waals surface area contributed by atoms with E-state index in [0.29, 0.717) is 19.3 Å². The fraction of sp³-hybridized carbons (Fsp3) is 0.907. The van der Waals surface area contributed by atoms with Gasteiger partial charge in [0.25, 0.3) is 0 Å². The zero-order valence-corrected chi connectivity index (χ0v) is 55.1. The first-order valence-corrected chi connectivity index (χ1v) is 36.8. The summed E-state index contributed by atoms with van der Waals surface area (Å²) in [6.07, 6.45) is 86.9. The fourth-order valence-electron chi connectivity index (χ4n) is 11.4. The number of carbonyl (C=O) groups excluding carboxylic acids is 3. The van der Waals surface area contributed by atoms with Crippen molar-refractivity contribution in [2.24, 2.45) is 0 Å². The van der Waals surface area contributed by atoms with Gasteiger partial charge in [0.15, 0.2) is 6.10 Å². The first-order valence-electron chi connectivity index (χ1n) is 36.8. The molecule has 0 N–H and O–H groups in total. The summed E-state index contributed by atoms with van der Waals surface area (Å²) in [7, 11) is 0. The highest BCUT2D eigenvalue weighted by Gasteiger charge is 2.20. The zero-order valence-electron chi connectivity index (χ0n) is 55.1. The number of rotatable bonds is 69. The second-order valence-corrected chi connectivity index (χ2v) is 25.2. The molecule has 0 radical (unpaired) electrons. The Morgan fingerprint density at radius 1 is 0.247 bits per heavy atom. The number of allylic oxidation sites excluding steroid dienone is 4. The maximum atomic E-state index is 12.9. The monoisotopic (exact) mass is 1140 g/mol. The molecule has 6 nitrogen and oxygen atoms in total. The van der Waals surface area contributed by atoms with E-state index in [9.17, 15) is 14.4 Å². The lowest BCUT2D eigenvalue weighted by Gasteiger charge is -2.18. The predicted molar refractivity (Wildman–Crippen MR) is 353 cm³/mol. The van der Waals surface area contributed by atoms with Gasteiger partial charge in [-0.15, -0.1) is 0 Å². The van der Waals surface area contributed by atoms with Crippen LogP contribution < -0.4 is 0 Å². The quantitative estimate of drug-likeness (QED) is 0.0261. The summed E-state index contributed by atoms with van der Waals surface area (Å²) in [6.45, 7) is 6.66. The Morgan fingerprint density at radius 2 is 0.444 bits per heavy atom. The van der Waals surface area contributed by atoms with Gasteiger partial charge in [-0.25, -0.2) is 0 Å². The fourth-order valence-corrected chi connectivity index (χ4v) is 11.4. The molecule has 6 heteroatoms. The number of hydrogen-bond donors (Lipinski definition) is 0. The van der Waals surface area contributed by atoms with Crippen molar-refractivity contribution in [1.82, 2.24) is 0 Å². The van der Waals surface area contributed by atoms with Gasteiger partial charge in [-0.3, -0.25) is 14.4 Å². The predicted octanol–water partition coefficient (Wildman–Crippen LogP) is 25.3. The molecule has 0 aromatic carbocycles. The minimum atomic E-state index is -0.768. The first kappa shape index (κ1) is 78.9. The molecule has 0 aromatic rings. The van der Waals surface area contributed by atoms with E-state index in [1.54, 1.807) is 0 Å². The third kappa shape index (κ3) is 68.6. The van der Waals surface area contributed by atoms with E-state index >= 15 is 0 Å². The van der Waals surface area contributed by atoms with E-state index in [-0.39, 0.29) is 31.1 Å². The summed E-state index contributed by atoms with van der Waals surface area (Å²) in [5.41, 5.74) is 0. The largest absolute Gasteiger partial charge is 0.462 e. The highest BCUT2D eigenvalue weighted by molar-refractivity contribution is 5.71. The Bertz CT molecular complexity index is 1310. The van der Waals surface area contributed by atoms with Crippen molar-refractivity contribution >= 4 is 17.9 Å². The summed E-state index contributed by atoms with van der Waals surface area (Å²) < 4.78 is 16.9. The molecule has 81 heavy (non-hydrogen) atoms. The molecule has 0 heterocycles. The van der Waals surface area contributed by atoms with Gasteiger partial charge < -0.3 is 14.2 Å². The third-order valence-electron chi connectivity index (χ3n) is 17.0. The maximum absolute atomic E-state index is 12.9. The third-order valence-corrected chi connectivity index (χ3v) is 17.0. The second kappa shape index (κ2) is 70.4. The van der Waals surface area contributed by atoms with Gasteiger partial charge in [0, 0.05) is 19.3 Å². The van der Waals surface area contributed by atoms with Crippen LogP contribution in [-0.4, -0.2) is 37.2 Å². The molecule has 0 fully saturated rings. The highest BCUT2D eigenvalue weighted by atomic mass is 16.6. The van der Waals surface area contributed by atoms with Crippen LogP contribution in [0.3, 0.4) is 0 Å². The number of hydrogen-bond acceptors (Lipinski definition) is 6. The molecule has 0 amide bonds. The number of unbranched alkanes of at least 4 members (excludes halogenated alkanes) is 54. The molecule has 0 saturated carbocycles. The number of esters is 3. The molecule has 0 saturated heterocycles. The summed E-state index contributed by atoms with van der Waals surface area (Å²) in [4.78, 5) is 38.2. The van der Waals surface area contributed by atoms with Crippen molar-refractivity contribution in [2.45, 2.75) is 425 Å². The van der Waals surface area contributed by atoms with Gasteiger partial charge in [-0.05, 0) is 51.4 Å². The summed E-state index contributed by atoms with van der Waals surface area (Å²) in [5, 5.41) is 0. The van der Waals surface area contributed by atoms with E-state index in [2.05, 4.69) is 45.1 Å². The van der Waals surface area contributed by atoms with Gasteiger partial charge in [0.05, 0.1) is 0 Å². The van der Waals surface area contributed by atoms with Crippen LogP contribution in [0.1, 0.15) is 419 Å². The van der Waals surface area contributed by atoms with Crippen molar-refractivity contribution in [3.8, 4) is 0 Å². The van der Waals surface area contributed by atoms with Crippen LogP contribution in [0.2, 0.25) is 0 Å². The molecular weight excluding hydrogens is 997 g/mol. The van der Waals surface area contributed by atoms with Gasteiger partial charge in [0.1, 0.15) is 13.2 Å². The molecule has 0 aliphatic rings. The normalized spacial score (nSPS) is 12.1. The van der Waals surface area contributed by atoms with E-state index in [1.165, 1.54) is 315 Å². The molecule has 1 atom stereocenters. The summed E-state index contributed by atoms with van der Waals surface area (Å²) in [6, 6.07) is 0. The van der Waals surface area contributed by atoms with Crippen LogP contribution in [0.5, 0.6) is 0 Å². The summed E-state index contributed by atoms with van der Waals surface area (Å²) >= 11 is 0. The van der Waals surface area contributed by atoms with Gasteiger partial charge >= 0.3 is 17.9 Å². The Hall–Kier alpha value is -2.11. The molecule has 1 unspecified atom stereocenters. The average Bonchev–Trinajstić information content (AvgIpc) is 3.46. The van der Waals surface area contributed by atoms with Crippen LogP contribution in [-0.2, 0) is 28.6 Å². The average molecular weight is 1140 g/mol. The van der Waals surface area contributed by atoms with Crippen LogP contribution >= 0.6 is 0 Å². The minimum Gasteiger partial charge on any atom is -0.462 e. The van der Waals surface area contributed by atoms with Crippen molar-refractivity contribution in [3.05, 3.63) is 24.3 Å². The van der Waals surface area contributed by atoms with Crippen LogP contribution in [0, 0.1) is 0 Å². The standard InChI is InChI=1S/C75H142O6/c1-4-7-10-13-16-18-20-22-24-26-28-30-32-33-34-35-36-37-38-39-40-41-43-44-46-48-50-52-54-56-59-62-65-68-74(77)80-71-72(70-79-73(76)67-64-61-58-15-12-9-6-3)81-75(78)69-66-63-60-57-55-53-51-49-47-45-42-31-29-27-25-23-21-19-17-14-11-8-5-2/h21,23,27,29,72H,4-20,22,24-26,28,30-71H2,1-3H3/b23-21-,29-27-. The van der Waals surface area contributed by atoms with Crippen molar-refractivity contribution in [3.63, 3.8) is 0 Å². The Kier molecular flexibility index (Phi) is 68.5. The van der Waals surface area contributed by atoms with Crippen molar-refractivity contribution < 1.29 is 28.6 Å². The molecule has 0 aliphatic heterocycles. The van der Waals surface area contributed by atoms with E-state index in [4.69, 9.17) is 14.2 Å². The Balaban J connectivity index is 3.95. The van der Waals surface area contributed by atoms with Crippen LogP contribution in [0.4, 0.5) is 0 Å². The topological polar surface area (TPSA) is 78.9 Å². The van der Waals surface area contributed by atoms with Gasteiger partial charge in [-0.1, -0.05) is 373 Å². The number of carbonyl (C=O) groups is 3. The van der Waals surface area contributed by atoms with E-state index < -0.39 is 6.10 Å². The summed E-state index contributed by atoms with van der Waals surface area (Å²) in [5.74, 6) is -0.847. The number of ether oxygens (including phenoxy) is 3. The van der Waals surface area contributed by atoms with E-state index in [0.717, 1.165) is 64.2 Å². The minimum absolute atomic E-state index is 0.0663. The lowest BCUT2D eigenvalue weighted by Crippen LogP contribution is -2.30. The molecule has 0 bridgehead atoms. The SMILES string of the molecule is CCCCCCC/C=C\C/C=C\CCCCCCCCCCCCCC(=O)OC(COC(=O)CCCCCCCCC)COC(=O)CCCCCCCCCCCCCCCCCCCCCCCCCCCCCCCCCCC. The molecule has 0 aliphatic carbocycles.